The van der Waals surface area contributed by atoms with Crippen LogP contribution in [-0.4, -0.2) is 20.8 Å². The number of rotatable bonds is 7. The Bertz CT molecular complexity index is 1520. The summed E-state index contributed by atoms with van der Waals surface area (Å²) in [5.41, 5.74) is 0.359. The minimum atomic E-state index is -0.588. The molecule has 4 aromatic rings. The van der Waals surface area contributed by atoms with E-state index in [0.29, 0.717) is 16.7 Å². The first-order valence-electron chi connectivity index (χ1n) is 10.7. The average molecular weight is 539 g/mol. The summed E-state index contributed by atoms with van der Waals surface area (Å²) in [6.07, 6.45) is 1.31. The maximum Gasteiger partial charge on any atom is 0.311 e. The number of nitro benzene ring substituents is 1. The standard InChI is InChI=1S/C25H20BrFN4O4/c1-15(2)24-29-21-11-10-18(26)12-19(21)25(32)30(24)28-13-16-7-5-9-22(31(33)34)23(16)35-14-17-6-3-4-8-20(17)27/h3-13,15H,14H2,1-2H3. The van der Waals surface area contributed by atoms with E-state index in [9.17, 15) is 19.3 Å². The monoisotopic (exact) mass is 538 g/mol. The van der Waals surface area contributed by atoms with Gasteiger partial charge in [-0.05, 0) is 30.3 Å². The van der Waals surface area contributed by atoms with Gasteiger partial charge >= 0.3 is 5.69 Å². The molecule has 3 aromatic carbocycles. The number of benzene rings is 3. The molecule has 0 amide bonds. The number of nitro groups is 1. The summed E-state index contributed by atoms with van der Waals surface area (Å²) in [7, 11) is 0. The molecule has 0 aliphatic carbocycles. The molecule has 0 N–H and O–H groups in total. The van der Waals surface area contributed by atoms with E-state index < -0.39 is 10.7 Å². The molecular formula is C25H20BrFN4O4. The molecule has 0 bridgehead atoms. The zero-order valence-electron chi connectivity index (χ0n) is 18.8. The van der Waals surface area contributed by atoms with E-state index in [-0.39, 0.29) is 40.6 Å². The molecule has 1 heterocycles. The molecule has 0 aliphatic heterocycles. The van der Waals surface area contributed by atoms with Crippen molar-refractivity contribution in [2.75, 3.05) is 0 Å². The second-order valence-corrected chi connectivity index (χ2v) is 8.90. The summed E-state index contributed by atoms with van der Waals surface area (Å²) in [4.78, 5) is 28.9. The number of nitrogens with zero attached hydrogens (tertiary/aromatic N) is 4. The van der Waals surface area contributed by atoms with Gasteiger partial charge in [0.25, 0.3) is 5.56 Å². The van der Waals surface area contributed by atoms with Gasteiger partial charge < -0.3 is 4.74 Å². The number of halogens is 2. The average Bonchev–Trinajstić information content (AvgIpc) is 2.83. The first-order valence-corrected chi connectivity index (χ1v) is 11.5. The molecule has 0 aliphatic rings. The molecule has 0 spiro atoms. The molecule has 0 saturated carbocycles. The number of fused-ring (bicyclic) bond motifs is 1. The van der Waals surface area contributed by atoms with E-state index in [0.717, 1.165) is 4.47 Å². The van der Waals surface area contributed by atoms with Crippen LogP contribution in [-0.2, 0) is 6.61 Å². The van der Waals surface area contributed by atoms with Crippen molar-refractivity contribution in [3.05, 3.63) is 108 Å². The predicted octanol–water partition coefficient (Wildman–Crippen LogP) is 5.79. The van der Waals surface area contributed by atoms with E-state index >= 15 is 0 Å². The molecule has 35 heavy (non-hydrogen) atoms. The highest BCUT2D eigenvalue weighted by Gasteiger charge is 2.20. The second-order valence-electron chi connectivity index (χ2n) is 7.98. The van der Waals surface area contributed by atoms with Gasteiger partial charge in [0.1, 0.15) is 18.2 Å². The highest BCUT2D eigenvalue weighted by molar-refractivity contribution is 9.10. The van der Waals surface area contributed by atoms with Crippen molar-refractivity contribution in [1.82, 2.24) is 9.66 Å². The number of para-hydroxylation sites is 1. The van der Waals surface area contributed by atoms with Gasteiger partial charge in [-0.25, -0.2) is 9.37 Å². The van der Waals surface area contributed by atoms with Gasteiger partial charge in [0.05, 0.1) is 22.0 Å². The fourth-order valence-electron chi connectivity index (χ4n) is 3.48. The molecule has 1 aromatic heterocycles. The van der Waals surface area contributed by atoms with Crippen LogP contribution in [0.15, 0.2) is 75.0 Å². The lowest BCUT2D eigenvalue weighted by Crippen LogP contribution is -2.23. The van der Waals surface area contributed by atoms with Crippen LogP contribution < -0.4 is 10.3 Å². The normalized spacial score (nSPS) is 11.5. The summed E-state index contributed by atoms with van der Waals surface area (Å²) < 4.78 is 21.7. The van der Waals surface area contributed by atoms with E-state index in [1.54, 1.807) is 36.4 Å². The van der Waals surface area contributed by atoms with Crippen molar-refractivity contribution in [2.45, 2.75) is 26.4 Å². The van der Waals surface area contributed by atoms with Crippen molar-refractivity contribution >= 4 is 38.7 Å². The van der Waals surface area contributed by atoms with E-state index in [1.165, 1.54) is 35.2 Å². The Balaban J connectivity index is 1.80. The molecule has 0 unspecified atom stereocenters. The first-order chi connectivity index (χ1) is 16.8. The molecule has 0 atom stereocenters. The third-order valence-corrected chi connectivity index (χ3v) is 5.71. The van der Waals surface area contributed by atoms with Gasteiger partial charge in [-0.3, -0.25) is 14.9 Å². The summed E-state index contributed by atoms with van der Waals surface area (Å²) in [6.45, 7) is 3.55. The predicted molar refractivity (Wildman–Crippen MR) is 135 cm³/mol. The van der Waals surface area contributed by atoms with Crippen LogP contribution in [0.25, 0.3) is 10.9 Å². The smallest absolute Gasteiger partial charge is 0.311 e. The molecule has 4 rings (SSSR count). The largest absolute Gasteiger partial charge is 0.481 e. The van der Waals surface area contributed by atoms with Gasteiger partial charge in [0, 0.05) is 27.6 Å². The number of hydrogen-bond acceptors (Lipinski definition) is 6. The molecule has 8 nitrogen and oxygen atoms in total. The van der Waals surface area contributed by atoms with Gasteiger partial charge in [-0.1, -0.05) is 54.0 Å². The molecule has 178 valence electrons. The Morgan fingerprint density at radius 2 is 1.97 bits per heavy atom. The fourth-order valence-corrected chi connectivity index (χ4v) is 3.84. The molecule has 0 saturated heterocycles. The van der Waals surface area contributed by atoms with Crippen molar-refractivity contribution in [3.63, 3.8) is 0 Å². The van der Waals surface area contributed by atoms with Crippen molar-refractivity contribution < 1.29 is 14.1 Å². The molecular weight excluding hydrogens is 519 g/mol. The van der Waals surface area contributed by atoms with Crippen LogP contribution in [0.5, 0.6) is 5.75 Å². The van der Waals surface area contributed by atoms with Gasteiger partial charge in [0.15, 0.2) is 0 Å². The fraction of sp³-hybridized carbons (Fsp3) is 0.160. The van der Waals surface area contributed by atoms with Crippen LogP contribution in [0.3, 0.4) is 0 Å². The van der Waals surface area contributed by atoms with Crippen LogP contribution in [0.4, 0.5) is 10.1 Å². The zero-order chi connectivity index (χ0) is 25.1. The minimum Gasteiger partial charge on any atom is -0.481 e. The Morgan fingerprint density at radius 3 is 2.69 bits per heavy atom. The lowest BCUT2D eigenvalue weighted by molar-refractivity contribution is -0.386. The van der Waals surface area contributed by atoms with Crippen LogP contribution in [0, 0.1) is 15.9 Å². The number of aromatic nitrogens is 2. The topological polar surface area (TPSA) is 99.6 Å². The van der Waals surface area contributed by atoms with E-state index in [2.05, 4.69) is 26.0 Å². The minimum absolute atomic E-state index is 0.0832. The molecule has 10 heteroatoms. The Morgan fingerprint density at radius 1 is 1.20 bits per heavy atom. The summed E-state index contributed by atoms with van der Waals surface area (Å²) >= 11 is 3.37. The van der Waals surface area contributed by atoms with Crippen LogP contribution >= 0.6 is 15.9 Å². The molecule has 0 fully saturated rings. The Hall–Kier alpha value is -3.92. The lowest BCUT2D eigenvalue weighted by atomic mass is 10.1. The van der Waals surface area contributed by atoms with E-state index in [4.69, 9.17) is 4.74 Å². The zero-order valence-corrected chi connectivity index (χ0v) is 20.4. The van der Waals surface area contributed by atoms with Crippen molar-refractivity contribution in [3.8, 4) is 5.75 Å². The highest BCUT2D eigenvalue weighted by atomic mass is 79.9. The summed E-state index contributed by atoms with van der Waals surface area (Å²) in [6, 6.07) is 15.6. The third-order valence-electron chi connectivity index (χ3n) is 5.21. The highest BCUT2D eigenvalue weighted by Crippen LogP contribution is 2.31. The first kappa shape index (κ1) is 24.2. The summed E-state index contributed by atoms with van der Waals surface area (Å²) in [5.74, 6) is -0.266. The summed E-state index contributed by atoms with van der Waals surface area (Å²) in [5, 5.41) is 16.3. The maximum atomic E-state index is 14.1. The SMILES string of the molecule is CC(C)c1nc2ccc(Br)cc2c(=O)n1N=Cc1cccc([N+](=O)[O-])c1OCc1ccccc1F. The van der Waals surface area contributed by atoms with Gasteiger partial charge in [-0.15, -0.1) is 0 Å². The van der Waals surface area contributed by atoms with Crippen LogP contribution in [0.2, 0.25) is 0 Å². The number of hydrogen-bond donors (Lipinski definition) is 0. The number of ether oxygens (including phenoxy) is 1. The van der Waals surface area contributed by atoms with Crippen molar-refractivity contribution in [1.29, 1.82) is 0 Å². The molecule has 0 radical (unpaired) electrons. The Labute approximate surface area is 208 Å². The maximum absolute atomic E-state index is 14.1. The Kier molecular flexibility index (Phi) is 7.02. The van der Waals surface area contributed by atoms with Crippen molar-refractivity contribution in [2.24, 2.45) is 5.10 Å². The quantitative estimate of drug-likeness (QED) is 0.168. The lowest BCUT2D eigenvalue weighted by Gasteiger charge is -2.13. The third kappa shape index (κ3) is 5.12. The second kappa shape index (κ2) is 10.1. The van der Waals surface area contributed by atoms with Gasteiger partial charge in [-0.2, -0.15) is 9.78 Å². The van der Waals surface area contributed by atoms with Crippen LogP contribution in [0.1, 0.15) is 36.7 Å². The van der Waals surface area contributed by atoms with E-state index in [1.807, 2.05) is 13.8 Å². The van der Waals surface area contributed by atoms with Gasteiger partial charge in [0.2, 0.25) is 5.75 Å².